The zero-order chi connectivity index (χ0) is 14.9. The Morgan fingerprint density at radius 1 is 1.45 bits per heavy atom. The number of amides is 1. The first-order valence-electron chi connectivity index (χ1n) is 6.35. The maximum Gasteiger partial charge on any atom is 0.253 e. The molecule has 0 spiro atoms. The molecule has 0 radical (unpaired) electrons. The highest BCUT2D eigenvalue weighted by Gasteiger charge is 2.31. The molecule has 7 heteroatoms. The van der Waals surface area contributed by atoms with Gasteiger partial charge in [-0.2, -0.15) is 0 Å². The predicted octanol–water partition coefficient (Wildman–Crippen LogP) is 1.01. The molecule has 2 unspecified atom stereocenters. The first-order chi connectivity index (χ1) is 9.29. The van der Waals surface area contributed by atoms with Crippen molar-refractivity contribution in [3.63, 3.8) is 0 Å². The van der Waals surface area contributed by atoms with Gasteiger partial charge in [-0.25, -0.2) is 13.6 Å². The lowest BCUT2D eigenvalue weighted by atomic mass is 10.0. The third-order valence-electron chi connectivity index (χ3n) is 3.41. The van der Waals surface area contributed by atoms with Gasteiger partial charge in [0.05, 0.1) is 4.90 Å². The van der Waals surface area contributed by atoms with E-state index in [1.54, 1.807) is 19.1 Å². The molecule has 3 N–H and O–H groups in total. The van der Waals surface area contributed by atoms with E-state index < -0.39 is 16.1 Å². The monoisotopic (exact) mass is 298 g/mol. The molecule has 1 aromatic rings. The van der Waals surface area contributed by atoms with E-state index in [1.165, 1.54) is 6.07 Å². The van der Waals surface area contributed by atoms with Crippen molar-refractivity contribution in [2.75, 3.05) is 11.9 Å². The van der Waals surface area contributed by atoms with Gasteiger partial charge in [-0.15, -0.1) is 0 Å². The number of primary sulfonamides is 1. The lowest BCUT2D eigenvalue weighted by Crippen LogP contribution is -2.31. The van der Waals surface area contributed by atoms with Crippen LogP contribution in [0.1, 0.15) is 18.9 Å². The molecule has 1 fully saturated rings. The number of hydrogen-bond donors (Lipinski definition) is 2. The first kappa shape index (κ1) is 15.0. The van der Waals surface area contributed by atoms with Crippen LogP contribution in [0.15, 0.2) is 23.1 Å². The van der Waals surface area contributed by atoms with E-state index in [2.05, 4.69) is 5.32 Å². The summed E-state index contributed by atoms with van der Waals surface area (Å²) in [6.07, 6.45) is 0.350. The van der Waals surface area contributed by atoms with Crippen LogP contribution < -0.4 is 10.5 Å². The standard InChI is InChI=1S/C13H18N2O4S/c1-8-3-4-10(7-11(8)20(14,17)18)15-13(16)12-9(2)5-6-19-12/h3-4,7,9,12H,5-6H2,1-2H3,(H,15,16)(H2,14,17,18). The number of carbonyl (C=O) groups excluding carboxylic acids is 1. The molecular formula is C13H18N2O4S. The number of hydrogen-bond acceptors (Lipinski definition) is 4. The van der Waals surface area contributed by atoms with Crippen LogP contribution in [0.5, 0.6) is 0 Å². The third-order valence-corrected chi connectivity index (χ3v) is 4.46. The van der Waals surface area contributed by atoms with E-state index in [0.717, 1.165) is 6.42 Å². The van der Waals surface area contributed by atoms with Crippen molar-refractivity contribution in [1.82, 2.24) is 0 Å². The summed E-state index contributed by atoms with van der Waals surface area (Å²) in [5.74, 6) is -0.114. The van der Waals surface area contributed by atoms with Crippen molar-refractivity contribution in [2.24, 2.45) is 11.1 Å². The molecule has 1 amide bonds. The van der Waals surface area contributed by atoms with Gasteiger partial charge >= 0.3 is 0 Å². The fourth-order valence-corrected chi connectivity index (χ4v) is 3.04. The zero-order valence-electron chi connectivity index (χ0n) is 11.4. The minimum Gasteiger partial charge on any atom is -0.368 e. The van der Waals surface area contributed by atoms with Crippen molar-refractivity contribution >= 4 is 21.6 Å². The van der Waals surface area contributed by atoms with Crippen LogP contribution in [0.2, 0.25) is 0 Å². The minimum absolute atomic E-state index is 0.00990. The van der Waals surface area contributed by atoms with Gasteiger partial charge in [-0.05, 0) is 37.0 Å². The molecule has 0 saturated carbocycles. The van der Waals surface area contributed by atoms with Crippen molar-refractivity contribution in [2.45, 2.75) is 31.3 Å². The van der Waals surface area contributed by atoms with Crippen molar-refractivity contribution in [3.05, 3.63) is 23.8 Å². The number of anilines is 1. The van der Waals surface area contributed by atoms with Crippen LogP contribution >= 0.6 is 0 Å². The molecule has 20 heavy (non-hydrogen) atoms. The van der Waals surface area contributed by atoms with Crippen LogP contribution in [0.3, 0.4) is 0 Å². The molecule has 1 aromatic carbocycles. The Kier molecular flexibility index (Phi) is 4.12. The third kappa shape index (κ3) is 3.17. The van der Waals surface area contributed by atoms with Gasteiger partial charge in [-0.3, -0.25) is 4.79 Å². The van der Waals surface area contributed by atoms with Gasteiger partial charge in [0.1, 0.15) is 6.10 Å². The zero-order valence-corrected chi connectivity index (χ0v) is 12.2. The predicted molar refractivity (Wildman–Crippen MR) is 74.7 cm³/mol. The molecule has 2 atom stereocenters. The molecule has 1 saturated heterocycles. The fourth-order valence-electron chi connectivity index (χ4n) is 2.23. The molecule has 0 aromatic heterocycles. The average Bonchev–Trinajstić information content (AvgIpc) is 2.76. The van der Waals surface area contributed by atoms with Crippen LogP contribution in [0.4, 0.5) is 5.69 Å². The number of aryl methyl sites for hydroxylation is 1. The largest absolute Gasteiger partial charge is 0.368 e. The van der Waals surface area contributed by atoms with Crippen LogP contribution in [0, 0.1) is 12.8 Å². The summed E-state index contributed by atoms with van der Waals surface area (Å²) < 4.78 is 28.2. The summed E-state index contributed by atoms with van der Waals surface area (Å²) in [5.41, 5.74) is 0.934. The van der Waals surface area contributed by atoms with Gasteiger partial charge in [0.25, 0.3) is 5.91 Å². The maximum atomic E-state index is 12.1. The molecule has 0 bridgehead atoms. The number of benzene rings is 1. The van der Waals surface area contributed by atoms with E-state index >= 15 is 0 Å². The van der Waals surface area contributed by atoms with Crippen molar-refractivity contribution < 1.29 is 17.9 Å². The summed E-state index contributed by atoms with van der Waals surface area (Å²) in [5, 5.41) is 7.81. The van der Waals surface area contributed by atoms with E-state index in [-0.39, 0.29) is 16.7 Å². The summed E-state index contributed by atoms with van der Waals surface area (Å²) in [6, 6.07) is 4.61. The Morgan fingerprint density at radius 3 is 2.70 bits per heavy atom. The second kappa shape index (κ2) is 5.51. The number of rotatable bonds is 3. The van der Waals surface area contributed by atoms with E-state index in [9.17, 15) is 13.2 Å². The molecular weight excluding hydrogens is 280 g/mol. The van der Waals surface area contributed by atoms with Crippen molar-refractivity contribution in [3.8, 4) is 0 Å². The SMILES string of the molecule is Cc1ccc(NC(=O)C2OCCC2C)cc1S(N)(=O)=O. The van der Waals surface area contributed by atoms with Gasteiger partial charge < -0.3 is 10.1 Å². The summed E-state index contributed by atoms with van der Waals surface area (Å²) >= 11 is 0. The van der Waals surface area contributed by atoms with Crippen LogP contribution in [-0.4, -0.2) is 27.0 Å². The van der Waals surface area contributed by atoms with Crippen LogP contribution in [0.25, 0.3) is 0 Å². The quantitative estimate of drug-likeness (QED) is 0.870. The molecule has 6 nitrogen and oxygen atoms in total. The molecule has 0 aliphatic carbocycles. The number of ether oxygens (including phenoxy) is 1. The number of nitrogens with two attached hydrogens (primary N) is 1. The number of nitrogens with one attached hydrogen (secondary N) is 1. The molecule has 1 heterocycles. The van der Waals surface area contributed by atoms with Gasteiger partial charge in [0, 0.05) is 12.3 Å². The maximum absolute atomic E-state index is 12.1. The fraction of sp³-hybridized carbons (Fsp3) is 0.462. The lowest BCUT2D eigenvalue weighted by Gasteiger charge is -2.15. The van der Waals surface area contributed by atoms with E-state index in [4.69, 9.17) is 9.88 Å². The minimum atomic E-state index is -3.80. The molecule has 1 aliphatic rings. The van der Waals surface area contributed by atoms with E-state index in [0.29, 0.717) is 17.9 Å². The Bertz CT molecular complexity index is 627. The number of carbonyl (C=O) groups is 1. The summed E-state index contributed by atoms with van der Waals surface area (Å²) in [4.78, 5) is 12.1. The Balaban J connectivity index is 2.20. The topological polar surface area (TPSA) is 98.5 Å². The van der Waals surface area contributed by atoms with Crippen molar-refractivity contribution in [1.29, 1.82) is 0 Å². The molecule has 2 rings (SSSR count). The first-order valence-corrected chi connectivity index (χ1v) is 7.89. The molecule has 1 aliphatic heterocycles. The highest BCUT2D eigenvalue weighted by molar-refractivity contribution is 7.89. The highest BCUT2D eigenvalue weighted by atomic mass is 32.2. The van der Waals surface area contributed by atoms with Crippen LogP contribution in [-0.2, 0) is 19.6 Å². The Morgan fingerprint density at radius 2 is 2.15 bits per heavy atom. The lowest BCUT2D eigenvalue weighted by molar-refractivity contribution is -0.126. The Hall–Kier alpha value is -1.44. The highest BCUT2D eigenvalue weighted by Crippen LogP contribution is 2.23. The Labute approximate surface area is 118 Å². The second-order valence-corrected chi connectivity index (χ2v) is 6.60. The summed E-state index contributed by atoms with van der Waals surface area (Å²) in [6.45, 7) is 4.16. The average molecular weight is 298 g/mol. The van der Waals surface area contributed by atoms with Gasteiger partial charge in [-0.1, -0.05) is 13.0 Å². The molecule has 110 valence electrons. The van der Waals surface area contributed by atoms with Gasteiger partial charge in [0.15, 0.2) is 0 Å². The number of sulfonamides is 1. The van der Waals surface area contributed by atoms with Gasteiger partial charge in [0.2, 0.25) is 10.0 Å². The normalized spacial score (nSPS) is 22.8. The summed E-state index contributed by atoms with van der Waals surface area (Å²) in [7, 11) is -3.80. The second-order valence-electron chi connectivity index (χ2n) is 5.07. The van der Waals surface area contributed by atoms with E-state index in [1.807, 2.05) is 6.92 Å². The smallest absolute Gasteiger partial charge is 0.253 e.